The molecule has 0 unspecified atom stereocenters. The third-order valence-corrected chi connectivity index (χ3v) is 22.3. The number of anilines is 2. The predicted octanol–water partition coefficient (Wildman–Crippen LogP) is 11.6. The summed E-state index contributed by atoms with van der Waals surface area (Å²) in [5.41, 5.74) is 15.0. The summed E-state index contributed by atoms with van der Waals surface area (Å²) >= 11 is 17.1. The van der Waals surface area contributed by atoms with E-state index in [0.717, 1.165) is 22.5 Å². The lowest BCUT2D eigenvalue weighted by molar-refractivity contribution is -0.136. The molecule has 0 fully saturated rings. The Kier molecular flexibility index (Phi) is 40.7. The number of ether oxygens (including phenoxy) is 10. The number of carbonyl (C=O) groups is 9. The number of fused-ring (bicyclic) bond motifs is 6. The van der Waals surface area contributed by atoms with Gasteiger partial charge < -0.3 is 93.6 Å². The van der Waals surface area contributed by atoms with Crippen LogP contribution in [0.3, 0.4) is 0 Å². The molecular formula is C83H99BrCl2F5N8O23PS. The van der Waals surface area contributed by atoms with Gasteiger partial charge in [0.15, 0.2) is 5.78 Å². The lowest BCUT2D eigenvalue weighted by Crippen LogP contribution is -2.42. The number of phosphoric ester groups is 1. The van der Waals surface area contributed by atoms with E-state index >= 15 is 0 Å². The number of esters is 1. The molecule has 676 valence electrons. The van der Waals surface area contributed by atoms with Gasteiger partial charge in [0, 0.05) is 125 Å². The molecule has 0 radical (unpaired) electrons. The fraction of sp³-hybridized carbons (Fsp3) is 0.458. The number of thiophene rings is 1. The van der Waals surface area contributed by atoms with Gasteiger partial charge in [-0.25, -0.2) is 32.1 Å². The molecule has 41 heteroatoms. The predicted molar refractivity (Wildman–Crippen MR) is 454 cm³/mol. The van der Waals surface area contributed by atoms with Crippen molar-refractivity contribution in [2.24, 2.45) is 23.3 Å². The summed E-state index contributed by atoms with van der Waals surface area (Å²) in [6.07, 6.45) is -1.05. The van der Waals surface area contributed by atoms with Gasteiger partial charge in [-0.3, -0.25) is 38.6 Å². The number of amides is 7. The fourth-order valence-electron chi connectivity index (χ4n) is 13.1. The second-order valence-corrected chi connectivity index (χ2v) is 32.0. The number of phosphoric acid groups is 1. The summed E-state index contributed by atoms with van der Waals surface area (Å²) in [5, 5.41) is 7.79. The van der Waals surface area contributed by atoms with Crippen LogP contribution >= 0.6 is 58.3 Å². The zero-order chi connectivity index (χ0) is 90.2. The largest absolute Gasteiger partial charge is 0.524 e. The summed E-state index contributed by atoms with van der Waals surface area (Å²) in [6, 6.07) is 26.0. The number of methoxy groups -OCH3 is 1. The Morgan fingerprint density at radius 3 is 1.58 bits per heavy atom. The Morgan fingerprint density at radius 1 is 0.605 bits per heavy atom. The van der Waals surface area contributed by atoms with Gasteiger partial charge in [0.2, 0.25) is 40.7 Å². The monoisotopic (exact) mass is 1880 g/mol. The molecule has 4 atom stereocenters. The molecule has 3 heterocycles. The molecule has 9 rings (SSSR count). The van der Waals surface area contributed by atoms with E-state index in [0.29, 0.717) is 116 Å². The molecule has 6 aromatic carbocycles. The van der Waals surface area contributed by atoms with Gasteiger partial charge in [-0.15, -0.1) is 34.5 Å². The van der Waals surface area contributed by atoms with E-state index in [1.165, 1.54) is 34.9 Å². The Morgan fingerprint density at radius 2 is 1.09 bits per heavy atom. The molecule has 8 N–H and O–H groups in total. The van der Waals surface area contributed by atoms with Gasteiger partial charge in [-0.1, -0.05) is 103 Å². The van der Waals surface area contributed by atoms with Gasteiger partial charge >= 0.3 is 32.0 Å². The van der Waals surface area contributed by atoms with Gasteiger partial charge in [0.25, 0.3) is 11.8 Å². The molecule has 0 bridgehead atoms. The number of nitrogens with two attached hydrogens (primary N) is 2. The number of carbonyl (C=O) groups excluding carboxylic acids is 9. The Labute approximate surface area is 734 Å². The van der Waals surface area contributed by atoms with Crippen LogP contribution in [-0.4, -0.2) is 242 Å². The smallest absolute Gasteiger partial charge is 0.445 e. The number of urea groups is 1. The highest BCUT2D eigenvalue weighted by Gasteiger charge is 2.40. The standard InChI is InChI=1S/C60H68Cl2N7O14PS.C23H31BrF5NO9/c1-35(2)55(63)48(71)27-38(10-9-21-65-58(64)74)47(70)26-36-15-17-37(18-16-36)34-81-59(75)66(3)22-23-67(24-25-80-4)60(76)82-49-28-45-53(43-13-7-5-11-41(43)49)39(30-61)32-68(45)56(72)51-19-20-52(85-51)57(73)69-33-40(31-62)54-44-14-8-6-12-42(44)50(29-46(54)69)83-84(77,78)79;24-15-16(31)30-2-4-34-6-8-36-10-12-38-14-13-37-11-9-35-7-5-33-3-1-17(32)39-23-21(28)19(26)18(25)20(27)22(23)29/h5-8,11-20,28-29,35,38-40,55H,9-10,21-27,30-34,63H2,1-4H3,(H3,64,65,74)(H2,77,78,79);1-15H2,(H,30,31)/t38-,39-,40-,55+;/m1./s1. The van der Waals surface area contributed by atoms with Crippen LogP contribution in [0, 0.1) is 40.9 Å². The summed E-state index contributed by atoms with van der Waals surface area (Å²) in [7, 11) is -1.98. The van der Waals surface area contributed by atoms with E-state index in [-0.39, 0.29) is 165 Å². The minimum atomic E-state index is -5.00. The van der Waals surface area contributed by atoms with Crippen molar-refractivity contribution in [2.45, 2.75) is 70.4 Å². The van der Waals surface area contributed by atoms with Crippen LogP contribution in [0.1, 0.15) is 93.0 Å². The Balaban J connectivity index is 0.000000410. The highest BCUT2D eigenvalue weighted by molar-refractivity contribution is 9.09. The second-order valence-electron chi connectivity index (χ2n) is 28.6. The third kappa shape index (κ3) is 29.2. The number of likely N-dealkylation sites (N-methyl/N-ethyl adjacent to an activating group) is 1. The van der Waals surface area contributed by atoms with Gasteiger partial charge in [-0.2, -0.15) is 8.78 Å². The van der Waals surface area contributed by atoms with Crippen molar-refractivity contribution < 1.29 is 131 Å². The van der Waals surface area contributed by atoms with Crippen molar-refractivity contribution in [2.75, 3.05) is 173 Å². The number of Topliss-reactive ketones (excluding diaryl/α,β-unsaturated/α-hetero) is 2. The molecule has 1 aromatic heterocycles. The van der Waals surface area contributed by atoms with Gasteiger partial charge in [0.1, 0.15) is 23.9 Å². The highest BCUT2D eigenvalue weighted by Crippen LogP contribution is 2.51. The zero-order valence-corrected chi connectivity index (χ0v) is 73.2. The van der Waals surface area contributed by atoms with Crippen molar-refractivity contribution in [3.8, 4) is 17.2 Å². The van der Waals surface area contributed by atoms with Crippen molar-refractivity contribution in [3.63, 3.8) is 0 Å². The van der Waals surface area contributed by atoms with Crippen molar-refractivity contribution in [1.82, 2.24) is 20.4 Å². The maximum absolute atomic E-state index is 14.7. The number of ketones is 2. The Hall–Kier alpha value is -9.09. The molecular weight excluding hydrogens is 1790 g/mol. The van der Waals surface area contributed by atoms with E-state index in [1.54, 1.807) is 83.8 Å². The number of halogens is 8. The summed E-state index contributed by atoms with van der Waals surface area (Å²) in [5.74, 6) is -16.4. The van der Waals surface area contributed by atoms with Crippen LogP contribution in [0.2, 0.25) is 0 Å². The number of rotatable bonds is 49. The first-order valence-corrected chi connectivity index (χ1v) is 43.9. The lowest BCUT2D eigenvalue weighted by Gasteiger charge is -2.25. The number of nitrogens with one attached hydrogen (secondary N) is 2. The second kappa shape index (κ2) is 50.3. The lowest BCUT2D eigenvalue weighted by atomic mass is 9.86. The first-order valence-electron chi connectivity index (χ1n) is 39.4. The number of nitrogens with zero attached hydrogens (tertiary/aromatic N) is 4. The zero-order valence-electron chi connectivity index (χ0n) is 68.4. The number of primary amides is 1. The number of alkyl halides is 3. The number of benzene rings is 6. The molecule has 0 spiro atoms. The average molecular weight is 1890 g/mol. The minimum absolute atomic E-state index is 0.0130. The summed E-state index contributed by atoms with van der Waals surface area (Å²) < 4.78 is 136. The van der Waals surface area contributed by atoms with Gasteiger partial charge in [-0.05, 0) is 63.9 Å². The normalized spacial score (nSPS) is 14.0. The molecule has 7 amide bonds. The number of hydrogen-bond acceptors (Lipinski definition) is 23. The minimum Gasteiger partial charge on any atom is -0.445 e. The van der Waals surface area contributed by atoms with Crippen molar-refractivity contribution in [1.29, 1.82) is 0 Å². The van der Waals surface area contributed by atoms with E-state index < -0.39 is 97.0 Å². The molecule has 124 heavy (non-hydrogen) atoms. The summed E-state index contributed by atoms with van der Waals surface area (Å²) in [4.78, 5) is 143. The highest BCUT2D eigenvalue weighted by atomic mass is 79.9. The first-order chi connectivity index (χ1) is 59.4. The van der Waals surface area contributed by atoms with Crippen LogP contribution in [0.4, 0.5) is 47.7 Å². The van der Waals surface area contributed by atoms with Crippen molar-refractivity contribution >= 4 is 145 Å². The average Bonchev–Trinajstić information content (AvgIpc) is 1.58. The molecule has 0 saturated heterocycles. The van der Waals surface area contributed by atoms with Crippen LogP contribution in [-0.2, 0) is 74.7 Å². The summed E-state index contributed by atoms with van der Waals surface area (Å²) in [6.45, 7) is 8.30. The number of hydrogen-bond donors (Lipinski definition) is 6. The molecule has 31 nitrogen and oxygen atoms in total. The van der Waals surface area contributed by atoms with E-state index in [9.17, 15) is 79.5 Å². The molecule has 2 aliphatic rings. The van der Waals surface area contributed by atoms with Crippen LogP contribution < -0.4 is 45.9 Å². The van der Waals surface area contributed by atoms with Crippen LogP contribution in [0.5, 0.6) is 17.2 Å². The Bertz CT molecular complexity index is 4850. The fourth-order valence-corrected chi connectivity index (χ4v) is 15.2. The maximum Gasteiger partial charge on any atom is 0.524 e. The molecule has 2 aliphatic heterocycles. The molecule has 0 aliphatic carbocycles. The third-order valence-electron chi connectivity index (χ3n) is 19.6. The topological polar surface area (TPSA) is 402 Å². The SMILES string of the molecule is COCCN(CCN(C)C(=O)OCc1ccc(CC(=O)[C@H](CCCNC(N)=O)CC(=O)[C@@H](N)C(C)C)cc1)C(=O)Oc1cc2c(c3ccccc13)[C@H](CCl)CN2C(=O)c1ccc(C(=O)N2C[C@@H](CCl)c3c2cc(OP(=O)(O)O)c2ccccc32)s1.O=C(CBr)NCCOCCOCCOCCOCCOCCOCCC(=O)Oc1c(F)c(F)c(F)c(F)c1F. The maximum atomic E-state index is 14.7. The van der Waals surface area contributed by atoms with E-state index in [1.807, 2.05) is 26.0 Å². The first kappa shape index (κ1) is 100. The van der Waals surface area contributed by atoms with E-state index in [2.05, 4.69) is 31.3 Å². The quantitative estimate of drug-likeness (QED) is 0.00301. The van der Waals surface area contributed by atoms with E-state index in [4.69, 9.17) is 81.8 Å². The van der Waals surface area contributed by atoms with Crippen molar-refractivity contribution in [3.05, 3.63) is 158 Å². The van der Waals surface area contributed by atoms with Crippen LogP contribution in [0.15, 0.2) is 97.1 Å². The van der Waals surface area contributed by atoms with Gasteiger partial charge in [0.05, 0.1) is 125 Å². The molecule has 7 aromatic rings. The molecule has 0 saturated carbocycles. The van der Waals surface area contributed by atoms with Crippen LogP contribution in [0.25, 0.3) is 21.5 Å².